The van der Waals surface area contributed by atoms with Crippen molar-refractivity contribution in [2.24, 2.45) is 23.3 Å². The normalized spacial score (nSPS) is 24.7. The Bertz CT molecular complexity index is 5210. The highest BCUT2D eigenvalue weighted by atomic mass is 32.2. The molecule has 716 valence electrons. The summed E-state index contributed by atoms with van der Waals surface area (Å²) >= 11 is 0.699. The number of nitrogens with two attached hydrogens (primary N) is 2. The molecule has 16 amide bonds. The van der Waals surface area contributed by atoms with E-state index in [1.807, 2.05) is 0 Å². The number of carbonyl (C=O) groups is 17. The number of aromatic nitrogens is 1. The first-order chi connectivity index (χ1) is 63.1. The SMILES string of the molecule is CCCC[C@H]1C(=O)N2C[C@H](O)C[C@@H]2C(=O)N[C@@H](CC(=O)O)C(=O)N[C@@H](C(C)C)C(=O)N(C)[C@H](Cc2ccccc2)C(=O)N[C@@H](CC(N)=O)C(=O)N2C[C@H](O)C[C@@H]2C(=O)N[C@@H](Cc2c[nH]c3ccccc23)C(=O)N[C@@H](Cc2ccc(O)cc2)C(=O)N[C@H](CC(C)C)C(=O)N[C@H](C(=O)NCC(N)=O)CSCC(=O)N[C@H](Cc2ccc(F)c(F)c2)C(=O)N(C)[C@@H](Cc2ccccc2)C(=O)N1C. The van der Waals surface area contributed by atoms with Crippen molar-refractivity contribution in [3.05, 3.63) is 173 Å². The number of fused-ring (bicyclic) bond motifs is 3. The second kappa shape index (κ2) is 48.1. The van der Waals surface area contributed by atoms with Crippen LogP contribution in [0.25, 0.3) is 10.9 Å². The predicted octanol–water partition coefficient (Wildman–Crippen LogP) is -0.461. The van der Waals surface area contributed by atoms with Gasteiger partial charge < -0.3 is 109 Å². The summed E-state index contributed by atoms with van der Waals surface area (Å²) in [6, 6.07) is 9.07. The number of phenols is 1. The Kier molecular flexibility index (Phi) is 37.4. The lowest BCUT2D eigenvalue weighted by atomic mass is 9.98. The van der Waals surface area contributed by atoms with E-state index in [2.05, 4.69) is 52.8 Å². The zero-order valence-electron chi connectivity index (χ0n) is 75.0. The molecule has 4 heterocycles. The molecule has 38 nitrogen and oxygen atoms in total. The van der Waals surface area contributed by atoms with Crippen LogP contribution in [-0.4, -0.2) is 293 Å². The van der Waals surface area contributed by atoms with E-state index >= 15 is 47.5 Å². The Labute approximate surface area is 770 Å². The molecule has 1 aromatic heterocycles. The minimum atomic E-state index is -2.05. The van der Waals surface area contributed by atoms with E-state index in [-0.39, 0.29) is 56.3 Å². The van der Waals surface area contributed by atoms with Crippen molar-refractivity contribution < 1.29 is 111 Å². The molecule has 5 aromatic carbocycles. The van der Waals surface area contributed by atoms with E-state index in [4.69, 9.17) is 11.5 Å². The third-order valence-electron chi connectivity index (χ3n) is 23.4. The summed E-state index contributed by atoms with van der Waals surface area (Å²) in [6.45, 7) is 6.21. The molecule has 0 bridgehead atoms. The number of carboxylic acid groups (broad SMARTS) is 1. The molecule has 0 aliphatic carbocycles. The molecule has 133 heavy (non-hydrogen) atoms. The summed E-state index contributed by atoms with van der Waals surface area (Å²) in [5.74, 6) is -23.9. The fraction of sp³-hybridized carbons (Fsp3) is 0.467. The van der Waals surface area contributed by atoms with Crippen LogP contribution < -0.4 is 59.3 Å². The average Bonchev–Trinajstić information content (AvgIpc) is 1.76. The van der Waals surface area contributed by atoms with Gasteiger partial charge in [0.15, 0.2) is 11.6 Å². The Balaban J connectivity index is 1.14. The second-order valence-electron chi connectivity index (χ2n) is 34.4. The van der Waals surface area contributed by atoms with Crippen LogP contribution in [0.2, 0.25) is 0 Å². The Morgan fingerprint density at radius 1 is 0.504 bits per heavy atom. The van der Waals surface area contributed by atoms with Crippen molar-refractivity contribution in [1.29, 1.82) is 0 Å². The van der Waals surface area contributed by atoms with Crippen LogP contribution in [0.5, 0.6) is 5.75 Å². The molecule has 3 fully saturated rings. The Hall–Kier alpha value is -13.4. The van der Waals surface area contributed by atoms with E-state index in [0.717, 1.165) is 42.7 Å². The number of aliphatic carboxylic acids is 1. The number of aromatic hydroxyl groups is 1. The molecule has 18 N–H and O–H groups in total. The van der Waals surface area contributed by atoms with Gasteiger partial charge in [0.1, 0.15) is 84.3 Å². The lowest BCUT2D eigenvalue weighted by molar-refractivity contribution is -0.152. The molecule has 0 unspecified atom stereocenters. The molecule has 0 saturated carbocycles. The Morgan fingerprint density at radius 3 is 1.59 bits per heavy atom. The van der Waals surface area contributed by atoms with E-state index < -0.39 is 278 Å². The highest BCUT2D eigenvalue weighted by molar-refractivity contribution is 8.00. The quantitative estimate of drug-likeness (QED) is 0.0386. The molecule has 0 spiro atoms. The van der Waals surface area contributed by atoms with Crippen molar-refractivity contribution in [3.8, 4) is 5.75 Å². The minimum Gasteiger partial charge on any atom is -0.508 e. The summed E-state index contributed by atoms with van der Waals surface area (Å²) in [4.78, 5) is 258. The van der Waals surface area contributed by atoms with E-state index in [1.54, 1.807) is 112 Å². The standard InChI is InChI=1S/C92H117F2N17O21S/c1-9-10-25-70-91(131)111-46-58(114)40-73(111)87(127)103-66(42-78(118)119)84(124)106-79(50(4)5)92(132)108(7)71(36-51-19-13-11-14-20-51)85(125)104-68(41-75(95)115)89(129)110-45-57(113)39-72(110)86(126)102-65(38-55-43-97-62-24-18-17-23-59(55)62)83(123)101-64(34-53-26-29-56(112)30-27-53)82(122)100-63(32-49(2)3)81(121)105-69(80(120)98-44-76(96)116)47-133-48-77(117)99-67(35-54-28-31-60(93)61(94)33-54)88(128)109(8)74(90(130)107(70)6)37-52-21-15-12-16-22-52/h11-24,26-31,33,43,49-50,57-58,63-74,79,97,112-114H,9-10,25,32,34-42,44-48H2,1-8H3,(H2,95,115)(H2,96,116)(H,98,120)(H,99,117)(H,100,122)(H,101,123)(H,102,126)(H,103,127)(H,104,125)(H,105,121)(H,106,124)(H,118,119)/t57-,58-,63-,64+,65+,66+,67-,68+,69+,70+,71-,72-,73-,74+,79+/m1/s1. The van der Waals surface area contributed by atoms with E-state index in [0.29, 0.717) is 51.3 Å². The topological polar surface area (TPSA) is 563 Å². The maximum Gasteiger partial charge on any atom is 0.305 e. The van der Waals surface area contributed by atoms with Gasteiger partial charge in [0.05, 0.1) is 37.3 Å². The van der Waals surface area contributed by atoms with Crippen molar-refractivity contribution in [1.82, 2.24) is 77.3 Å². The third-order valence-corrected chi connectivity index (χ3v) is 24.4. The van der Waals surface area contributed by atoms with Crippen LogP contribution in [0.4, 0.5) is 8.78 Å². The molecule has 3 saturated heterocycles. The zero-order chi connectivity index (χ0) is 97.4. The van der Waals surface area contributed by atoms with Gasteiger partial charge in [-0.1, -0.05) is 145 Å². The van der Waals surface area contributed by atoms with Crippen molar-refractivity contribution in [2.75, 3.05) is 52.3 Å². The third kappa shape index (κ3) is 28.8. The fourth-order valence-electron chi connectivity index (χ4n) is 16.3. The number of thioether (sulfide) groups is 1. The van der Waals surface area contributed by atoms with Gasteiger partial charge in [0.2, 0.25) is 94.5 Å². The number of amides is 16. The van der Waals surface area contributed by atoms with Gasteiger partial charge in [-0.25, -0.2) is 8.78 Å². The lowest BCUT2D eigenvalue weighted by Crippen LogP contribution is -2.62. The minimum absolute atomic E-state index is 0.0332. The number of carboxylic acids is 1. The number of aromatic amines is 1. The first-order valence-corrected chi connectivity index (χ1v) is 44.9. The fourth-order valence-corrected chi connectivity index (χ4v) is 17.1. The summed E-state index contributed by atoms with van der Waals surface area (Å²) in [6.07, 6.45) is -6.04. The molecule has 9 rings (SSSR count). The van der Waals surface area contributed by atoms with Gasteiger partial charge in [-0.05, 0) is 82.8 Å². The van der Waals surface area contributed by atoms with Crippen LogP contribution in [0.1, 0.15) is 114 Å². The molecule has 41 heteroatoms. The van der Waals surface area contributed by atoms with E-state index in [1.165, 1.54) is 59.3 Å². The molecular formula is C92H117F2N17O21S. The number of nitrogens with one attached hydrogen (secondary N) is 10. The molecule has 6 aromatic rings. The number of nitrogens with zero attached hydrogens (tertiary/aromatic N) is 5. The van der Waals surface area contributed by atoms with Gasteiger partial charge in [0.25, 0.3) is 0 Å². The van der Waals surface area contributed by atoms with Gasteiger partial charge >= 0.3 is 5.97 Å². The monoisotopic (exact) mass is 1870 g/mol. The number of primary amides is 2. The molecule has 3 aliphatic rings. The molecular weight excluding hydrogens is 1750 g/mol. The highest BCUT2D eigenvalue weighted by Gasteiger charge is 2.48. The van der Waals surface area contributed by atoms with Crippen LogP contribution in [0.15, 0.2) is 134 Å². The second-order valence-corrected chi connectivity index (χ2v) is 35.4. The number of carbonyl (C=O) groups excluding carboxylic acids is 16. The number of unbranched alkanes of at least 4 members (excludes halogenated alkanes) is 1. The number of hydrogen-bond donors (Lipinski definition) is 16. The first kappa shape index (κ1) is 103. The zero-order valence-corrected chi connectivity index (χ0v) is 75.8. The largest absolute Gasteiger partial charge is 0.508 e. The summed E-state index contributed by atoms with van der Waals surface area (Å²) in [5.41, 5.74) is 13.4. The van der Waals surface area contributed by atoms with Crippen LogP contribution in [0, 0.1) is 23.5 Å². The van der Waals surface area contributed by atoms with Crippen molar-refractivity contribution in [2.45, 2.75) is 209 Å². The highest BCUT2D eigenvalue weighted by Crippen LogP contribution is 2.29. The lowest BCUT2D eigenvalue weighted by Gasteiger charge is -2.38. The van der Waals surface area contributed by atoms with Crippen LogP contribution >= 0.6 is 11.8 Å². The van der Waals surface area contributed by atoms with Gasteiger partial charge in [-0.2, -0.15) is 0 Å². The maximum absolute atomic E-state index is 15.7. The molecule has 15 atom stereocenters. The predicted molar refractivity (Wildman–Crippen MR) is 481 cm³/mol. The summed E-state index contributed by atoms with van der Waals surface area (Å²) in [5, 5.41) is 67.3. The number of aliphatic hydroxyl groups is 2. The number of aliphatic hydroxyl groups excluding tert-OH is 2. The van der Waals surface area contributed by atoms with Gasteiger partial charge in [-0.3, -0.25) is 81.5 Å². The van der Waals surface area contributed by atoms with Crippen molar-refractivity contribution >= 4 is 123 Å². The maximum atomic E-state index is 15.7. The number of benzene rings is 5. The number of halogens is 2. The van der Waals surface area contributed by atoms with Gasteiger partial charge in [0, 0.05) is 102 Å². The molecule has 0 radical (unpaired) electrons. The smallest absolute Gasteiger partial charge is 0.305 e. The summed E-state index contributed by atoms with van der Waals surface area (Å²) < 4.78 is 29.8. The number of likely N-dealkylation sites (N-methyl/N-ethyl adjacent to an activating group) is 3. The number of hydrogen-bond acceptors (Lipinski definition) is 21. The number of phenolic OH excluding ortho intramolecular Hbond substituents is 1. The van der Waals surface area contributed by atoms with Gasteiger partial charge in [-0.15, -0.1) is 11.8 Å². The Morgan fingerprint density at radius 2 is 1.02 bits per heavy atom. The molecule has 3 aliphatic heterocycles. The number of rotatable bonds is 23. The van der Waals surface area contributed by atoms with Crippen molar-refractivity contribution in [3.63, 3.8) is 0 Å². The average molecular weight is 1870 g/mol. The summed E-state index contributed by atoms with van der Waals surface area (Å²) in [7, 11) is 3.66. The van der Waals surface area contributed by atoms with E-state index in [9.17, 15) is 63.2 Å². The first-order valence-electron chi connectivity index (χ1n) is 43.8. The number of H-pyrrole nitrogens is 1. The number of para-hydroxylation sites is 1. The van der Waals surface area contributed by atoms with Crippen LogP contribution in [-0.2, 0) is 114 Å². The van der Waals surface area contributed by atoms with Crippen LogP contribution in [0.3, 0.4) is 0 Å².